The van der Waals surface area contributed by atoms with E-state index in [1.54, 1.807) is 19.2 Å². The molecule has 0 aliphatic carbocycles. The number of hydrogen-bond donors (Lipinski definition) is 5. The Morgan fingerprint density at radius 3 is 0.930 bits per heavy atom. The molecule has 9 saturated heterocycles. The van der Waals surface area contributed by atoms with E-state index in [2.05, 4.69) is 148 Å². The predicted molar refractivity (Wildman–Crippen MR) is 466 cm³/mol. The lowest BCUT2D eigenvalue weighted by molar-refractivity contribution is 0.0748. The van der Waals surface area contributed by atoms with Crippen LogP contribution in [0.5, 0.6) is 17.2 Å². The summed E-state index contributed by atoms with van der Waals surface area (Å²) < 4.78 is 5.61. The van der Waals surface area contributed by atoms with Gasteiger partial charge in [0, 0.05) is 151 Å². The third-order valence-corrected chi connectivity index (χ3v) is 25.3. The molecule has 9 aliphatic heterocycles. The predicted octanol–water partition coefficient (Wildman–Crippen LogP) is 17.2. The normalized spacial score (nSPS) is 23.8. The van der Waals surface area contributed by atoms with Gasteiger partial charge in [-0.15, -0.1) is 19.7 Å². The number of aromatic hydroxyl groups is 2. The van der Waals surface area contributed by atoms with Gasteiger partial charge in [0.2, 0.25) is 0 Å². The van der Waals surface area contributed by atoms with E-state index < -0.39 is 0 Å². The summed E-state index contributed by atoms with van der Waals surface area (Å²) in [5.41, 5.74) is 18.4. The number of methoxy groups -OCH3 is 1. The molecule has 9 atom stereocenters. The molecule has 9 heterocycles. The van der Waals surface area contributed by atoms with Crippen molar-refractivity contribution in [3.63, 3.8) is 0 Å². The number of amides is 3. The number of carbonyl (C=O) groups excluding carboxylic acids is 3. The van der Waals surface area contributed by atoms with Crippen LogP contribution in [0.1, 0.15) is 253 Å². The molecule has 6 aromatic carbocycles. The van der Waals surface area contributed by atoms with Crippen molar-refractivity contribution < 1.29 is 29.3 Å². The van der Waals surface area contributed by atoms with Crippen LogP contribution in [0.25, 0.3) is 0 Å². The number of nitrogens with one attached hydrogen (secondary N) is 3. The zero-order valence-electron chi connectivity index (χ0n) is 66.3. The highest BCUT2D eigenvalue weighted by Gasteiger charge is 2.41. The molecule has 9 unspecified atom stereocenters. The van der Waals surface area contributed by atoms with Gasteiger partial charge in [-0.3, -0.25) is 60.1 Å². The highest BCUT2D eigenvalue weighted by molar-refractivity contribution is 5.95. The molecule has 0 aromatic heterocycles. The fraction of sp³-hybridized carbons (Fsp3) is 0.531. The molecule has 618 valence electrons. The maximum Gasteiger partial charge on any atom is 0.265 e. The Labute approximate surface area is 684 Å². The second-order valence-corrected chi connectivity index (χ2v) is 32.7. The number of fused-ring (bicyclic) bond motifs is 6. The van der Waals surface area contributed by atoms with Gasteiger partial charge in [-0.2, -0.15) is 0 Å². The van der Waals surface area contributed by atoms with Crippen molar-refractivity contribution in [2.45, 2.75) is 224 Å². The molecule has 0 spiro atoms. The number of piperidine rings is 4. The van der Waals surface area contributed by atoms with Crippen LogP contribution in [-0.2, 0) is 0 Å². The molecular formula is C96H138N12O6. The standard InChI is InChI=1S/C32H44N4O2.C31H42N4O2.C30H40N4O2.3CH4/c1-3-19-36-28-11-9-12-29(36)24-34(22-18-28)31(27-10-8-13-30(23-27)38-2)25-14-16-26(17-15-25)32(37)33-35-20-6-4-5-7-21-35;1-2-18-35-27-10-8-11-28(35)23-33(21-17-27)30(26-9-7-12-29(36)22-26)24-13-15-25(16-14-24)31(37)32-34-19-5-3-4-6-20-34;1-2-17-34-26-9-7-10-27(34)22-32(20-16-26)29(25-8-6-11-28(35)21-25)23-12-14-24(15-13-23)30(36)31-33-18-4-3-5-19-33;;;/h3,8,10,13-17,23,28-29,31H,1,4-7,9,11-12,18-22,24H2,2H3,(H,33,37);2,7,9,12-16,22,27-28,30,36H,1,3-6,8,10-11,17-21,23H2,(H,32,37);2,6,8,11-15,21,26-27,29,35H,1,3-5,7,9-10,16-20,22H2,(H,31,36);3*1H4. The molecule has 9 aliphatic rings. The summed E-state index contributed by atoms with van der Waals surface area (Å²) in [5.74, 6) is 1.37. The number of carbonyl (C=O) groups is 3. The summed E-state index contributed by atoms with van der Waals surface area (Å²) in [5, 5.41) is 26.8. The molecule has 6 bridgehead atoms. The molecule has 15 rings (SSSR count). The van der Waals surface area contributed by atoms with Crippen molar-refractivity contribution in [1.29, 1.82) is 0 Å². The fourth-order valence-corrected chi connectivity index (χ4v) is 19.7. The molecule has 9 fully saturated rings. The van der Waals surface area contributed by atoms with Crippen molar-refractivity contribution >= 4 is 17.7 Å². The Hall–Kier alpha value is -8.01. The van der Waals surface area contributed by atoms with E-state index in [9.17, 15) is 24.6 Å². The lowest BCUT2D eigenvalue weighted by Crippen LogP contribution is -2.48. The zero-order chi connectivity index (χ0) is 76.8. The fourth-order valence-electron chi connectivity index (χ4n) is 19.7. The average molecular weight is 1560 g/mol. The quantitative estimate of drug-likeness (QED) is 0.0407. The summed E-state index contributed by atoms with van der Waals surface area (Å²) in [6.07, 6.45) is 33.9. The minimum Gasteiger partial charge on any atom is -0.508 e. The topological polar surface area (TPSA) is 166 Å². The lowest BCUT2D eigenvalue weighted by Gasteiger charge is -2.41. The van der Waals surface area contributed by atoms with Crippen LogP contribution in [0.2, 0.25) is 0 Å². The molecular weight excluding hydrogens is 1420 g/mol. The van der Waals surface area contributed by atoms with E-state index >= 15 is 0 Å². The first-order chi connectivity index (χ1) is 54.4. The first-order valence-corrected chi connectivity index (χ1v) is 42.4. The van der Waals surface area contributed by atoms with E-state index in [-0.39, 0.29) is 69.6 Å². The van der Waals surface area contributed by atoms with Crippen molar-refractivity contribution in [3.05, 3.63) is 234 Å². The Morgan fingerprint density at radius 1 is 0.360 bits per heavy atom. The molecule has 6 aromatic rings. The van der Waals surface area contributed by atoms with Gasteiger partial charge in [0.15, 0.2) is 0 Å². The SMILES string of the molecule is C.C.C.C=CCN1C2CCCC1CN(C(c1ccc(C(=O)NN3CCCCC3)cc1)c1cccc(O)c1)CC2.C=CCN1C2CCCC1CN(C(c1ccc(C(=O)NN3CCCCCC3)cc1)c1cccc(O)c1)CC2.C=CCN1C2CCCC1CN(C(c1ccc(C(=O)NN3CCCCCC3)cc1)c1cccc(OC)c1)CC2. The van der Waals surface area contributed by atoms with Crippen LogP contribution < -0.4 is 21.0 Å². The number of rotatable bonds is 22. The minimum atomic E-state index is -0.0407. The molecule has 3 amide bonds. The van der Waals surface area contributed by atoms with Crippen LogP contribution in [0.4, 0.5) is 0 Å². The molecule has 5 N–H and O–H groups in total. The van der Waals surface area contributed by atoms with Gasteiger partial charge < -0.3 is 14.9 Å². The minimum absolute atomic E-state index is 0. The Balaban J connectivity index is 0.000000179. The largest absolute Gasteiger partial charge is 0.508 e. The number of ether oxygens (including phenoxy) is 1. The molecule has 114 heavy (non-hydrogen) atoms. The first kappa shape index (κ1) is 88.4. The van der Waals surface area contributed by atoms with Crippen molar-refractivity contribution in [2.24, 2.45) is 0 Å². The summed E-state index contributed by atoms with van der Waals surface area (Å²) >= 11 is 0. The van der Waals surface area contributed by atoms with E-state index in [1.807, 2.05) is 83.9 Å². The maximum absolute atomic E-state index is 13.0. The van der Waals surface area contributed by atoms with Crippen molar-refractivity contribution in [1.82, 2.24) is 60.7 Å². The highest BCUT2D eigenvalue weighted by Crippen LogP contribution is 2.41. The molecule has 18 heteroatoms. The summed E-state index contributed by atoms with van der Waals surface area (Å²) in [4.78, 5) is 54.7. The summed E-state index contributed by atoms with van der Waals surface area (Å²) in [7, 11) is 1.73. The van der Waals surface area contributed by atoms with Gasteiger partial charge in [0.05, 0.1) is 25.2 Å². The number of benzene rings is 6. The van der Waals surface area contributed by atoms with Gasteiger partial charge in [0.1, 0.15) is 17.2 Å². The van der Waals surface area contributed by atoms with E-state index in [1.165, 1.54) is 107 Å². The van der Waals surface area contributed by atoms with Crippen LogP contribution in [0.15, 0.2) is 184 Å². The average Bonchev–Trinajstić information content (AvgIpc) is 1.68. The lowest BCUT2D eigenvalue weighted by atomic mass is 9.94. The van der Waals surface area contributed by atoms with Crippen LogP contribution in [-0.4, -0.2) is 214 Å². The number of phenolic OH excluding ortho intramolecular Hbond substituents is 2. The summed E-state index contributed by atoms with van der Waals surface area (Å²) in [6.45, 7) is 26.5. The van der Waals surface area contributed by atoms with Crippen LogP contribution in [0.3, 0.4) is 0 Å². The number of hydrogen-bond acceptors (Lipinski definition) is 15. The number of phenols is 2. The van der Waals surface area contributed by atoms with E-state index in [4.69, 9.17) is 4.74 Å². The highest BCUT2D eigenvalue weighted by atomic mass is 16.5. The van der Waals surface area contributed by atoms with Gasteiger partial charge in [-0.25, -0.2) is 15.0 Å². The Bertz CT molecular complexity index is 3950. The third-order valence-electron chi connectivity index (χ3n) is 25.3. The molecule has 0 radical (unpaired) electrons. The van der Waals surface area contributed by atoms with Gasteiger partial charge in [-0.05, 0) is 202 Å². The molecule has 18 nitrogen and oxygen atoms in total. The smallest absolute Gasteiger partial charge is 0.265 e. The maximum atomic E-state index is 13.0. The second kappa shape index (κ2) is 44.4. The monoisotopic (exact) mass is 1560 g/mol. The van der Waals surface area contributed by atoms with Gasteiger partial charge in [0.25, 0.3) is 17.7 Å². The van der Waals surface area contributed by atoms with Crippen molar-refractivity contribution in [2.75, 3.05) is 105 Å². The van der Waals surface area contributed by atoms with E-state index in [0.717, 1.165) is 178 Å². The number of nitrogens with zero attached hydrogens (tertiary/aromatic N) is 9. The number of hydrazine groups is 3. The molecule has 0 saturated carbocycles. The Morgan fingerprint density at radius 2 is 0.640 bits per heavy atom. The van der Waals surface area contributed by atoms with Gasteiger partial charge in [-0.1, -0.05) is 165 Å². The first-order valence-electron chi connectivity index (χ1n) is 42.4. The van der Waals surface area contributed by atoms with Crippen molar-refractivity contribution in [3.8, 4) is 17.2 Å². The van der Waals surface area contributed by atoms with Crippen LogP contribution in [0, 0.1) is 0 Å². The zero-order valence-corrected chi connectivity index (χ0v) is 66.3. The second-order valence-electron chi connectivity index (χ2n) is 32.7. The Kier molecular flexibility index (Phi) is 34.4. The van der Waals surface area contributed by atoms with E-state index in [0.29, 0.717) is 52.9 Å². The summed E-state index contributed by atoms with van der Waals surface area (Å²) in [6, 6.07) is 51.9. The third kappa shape index (κ3) is 23.2. The van der Waals surface area contributed by atoms with Crippen LogP contribution >= 0.6 is 0 Å². The van der Waals surface area contributed by atoms with Gasteiger partial charge >= 0.3 is 0 Å².